The summed E-state index contributed by atoms with van der Waals surface area (Å²) in [6.07, 6.45) is 5.31. The number of hydrogen-bond acceptors (Lipinski definition) is 7. The lowest BCUT2D eigenvalue weighted by atomic mass is 9.67. The van der Waals surface area contributed by atoms with E-state index in [1.807, 2.05) is 11.9 Å². The number of halogens is 2. The van der Waals surface area contributed by atoms with Crippen molar-refractivity contribution in [3.05, 3.63) is 42.5 Å². The van der Waals surface area contributed by atoms with Crippen molar-refractivity contribution in [2.24, 2.45) is 10.8 Å². The lowest BCUT2D eigenvalue weighted by Gasteiger charge is -2.46. The normalized spacial score (nSPS) is 27.6. The molecule has 0 radical (unpaired) electrons. The first kappa shape index (κ1) is 23.4. The first-order valence-corrected chi connectivity index (χ1v) is 11.7. The summed E-state index contributed by atoms with van der Waals surface area (Å²) in [4.78, 5) is 10.1. The molecule has 7 nitrogen and oxygen atoms in total. The Hall–Kier alpha value is -3.36. The Kier molecular flexibility index (Phi) is 5.61. The van der Waals surface area contributed by atoms with Gasteiger partial charge in [-0.1, -0.05) is 19.9 Å². The molecule has 0 spiro atoms. The molecule has 35 heavy (non-hydrogen) atoms. The zero-order valence-corrected chi connectivity index (χ0v) is 20.3. The van der Waals surface area contributed by atoms with E-state index in [0.717, 1.165) is 31.9 Å². The first-order valence-electron chi connectivity index (χ1n) is 11.7. The minimum atomic E-state index is -0.951. The van der Waals surface area contributed by atoms with Crippen LogP contribution < -0.4 is 9.64 Å². The molecule has 2 bridgehead atoms. The van der Waals surface area contributed by atoms with Gasteiger partial charge in [-0.2, -0.15) is 0 Å². The second kappa shape index (κ2) is 8.39. The number of hydrogen-bond donors (Lipinski definition) is 1. The van der Waals surface area contributed by atoms with Crippen LogP contribution in [0.1, 0.15) is 39.5 Å². The highest BCUT2D eigenvalue weighted by atomic mass is 19.1. The van der Waals surface area contributed by atoms with E-state index in [4.69, 9.17) is 4.74 Å². The predicted molar refractivity (Wildman–Crippen MR) is 128 cm³/mol. The number of methoxy groups -OCH3 is 1. The Balaban J connectivity index is 1.38. The fourth-order valence-electron chi connectivity index (χ4n) is 5.92. The molecule has 0 aliphatic heterocycles. The lowest BCUT2D eigenvalue weighted by Crippen LogP contribution is -2.52. The molecule has 184 valence electrons. The van der Waals surface area contributed by atoms with Gasteiger partial charge in [0, 0.05) is 24.1 Å². The van der Waals surface area contributed by atoms with Crippen molar-refractivity contribution >= 4 is 5.82 Å². The first-order chi connectivity index (χ1) is 16.6. The Labute approximate surface area is 203 Å². The van der Waals surface area contributed by atoms with Crippen molar-refractivity contribution in [3.63, 3.8) is 0 Å². The molecule has 9 heteroatoms. The summed E-state index contributed by atoms with van der Waals surface area (Å²) < 4.78 is 34.8. The van der Waals surface area contributed by atoms with Crippen LogP contribution >= 0.6 is 0 Å². The summed E-state index contributed by atoms with van der Waals surface area (Å²) in [5, 5.41) is 19.1. The molecule has 2 aromatic heterocycles. The van der Waals surface area contributed by atoms with Crippen LogP contribution in [0.15, 0.2) is 36.7 Å². The van der Waals surface area contributed by atoms with Crippen molar-refractivity contribution in [1.82, 2.24) is 20.2 Å². The van der Waals surface area contributed by atoms with Crippen LogP contribution in [0.25, 0.3) is 22.5 Å². The minimum absolute atomic E-state index is 0.117. The highest BCUT2D eigenvalue weighted by Crippen LogP contribution is 2.59. The highest BCUT2D eigenvalue weighted by Gasteiger charge is 2.56. The van der Waals surface area contributed by atoms with Crippen molar-refractivity contribution in [2.45, 2.75) is 51.7 Å². The van der Waals surface area contributed by atoms with E-state index in [1.165, 1.54) is 19.2 Å². The molecule has 2 fully saturated rings. The van der Waals surface area contributed by atoms with Gasteiger partial charge < -0.3 is 14.7 Å². The van der Waals surface area contributed by atoms with E-state index >= 15 is 4.39 Å². The van der Waals surface area contributed by atoms with Gasteiger partial charge >= 0.3 is 0 Å². The maximum atomic E-state index is 15.5. The second-order valence-corrected chi connectivity index (χ2v) is 10.5. The molecule has 2 saturated carbocycles. The third-order valence-corrected chi connectivity index (χ3v) is 7.83. The summed E-state index contributed by atoms with van der Waals surface area (Å²) in [7, 11) is 3.28. The van der Waals surface area contributed by atoms with E-state index < -0.39 is 12.0 Å². The Morgan fingerprint density at radius 2 is 1.89 bits per heavy atom. The van der Waals surface area contributed by atoms with Crippen LogP contribution in [0.3, 0.4) is 0 Å². The van der Waals surface area contributed by atoms with Gasteiger partial charge in [0.25, 0.3) is 0 Å². The average molecular weight is 482 g/mol. The van der Waals surface area contributed by atoms with Crippen LogP contribution in [0.2, 0.25) is 0 Å². The van der Waals surface area contributed by atoms with Crippen LogP contribution in [0, 0.1) is 16.6 Å². The number of nitrogens with zero attached hydrogens (tertiary/aromatic N) is 5. The van der Waals surface area contributed by atoms with Gasteiger partial charge in [0.1, 0.15) is 17.7 Å². The topological polar surface area (TPSA) is 84.3 Å². The van der Waals surface area contributed by atoms with Crippen LogP contribution in [-0.4, -0.2) is 51.6 Å². The predicted octanol–water partition coefficient (Wildman–Crippen LogP) is 5.20. The number of fused-ring (bicyclic) bond motifs is 2. The second-order valence-electron chi connectivity index (χ2n) is 10.5. The molecular formula is C26H29F2N5O2. The standard InChI is InChI=1S/C26H29F2N5O2/c1-25-7-8-26(2,14-25)23(28)19(11-25)33(3)21-13-30-24(32-31-21)16-6-5-15(9-20(16)34)17-10-22(35-4)29-12-18(17)27/h5-6,9-10,12-13,19,23,34H,7-8,11,14H2,1-4H3/t19-,23-,25-,26-/m0/s1. The molecule has 5 rings (SSSR count). The monoisotopic (exact) mass is 481 g/mol. The van der Waals surface area contributed by atoms with Crippen molar-refractivity contribution in [3.8, 4) is 34.1 Å². The largest absolute Gasteiger partial charge is 0.507 e. The smallest absolute Gasteiger partial charge is 0.213 e. The SMILES string of the molecule is COc1cc(-c2ccc(-c3ncc(N(C)[C@H]4C[C@]5(C)CC[C@@](C)(C5)[C@H]4F)nn3)c(O)c2)c(F)cn1. The van der Waals surface area contributed by atoms with Gasteiger partial charge in [-0.25, -0.2) is 18.7 Å². The van der Waals surface area contributed by atoms with Crippen LogP contribution in [0.4, 0.5) is 14.6 Å². The van der Waals surface area contributed by atoms with Crippen molar-refractivity contribution in [2.75, 3.05) is 19.1 Å². The zero-order chi connectivity index (χ0) is 25.0. The quantitative estimate of drug-likeness (QED) is 0.536. The van der Waals surface area contributed by atoms with Gasteiger partial charge in [-0.3, -0.25) is 0 Å². The summed E-state index contributed by atoms with van der Waals surface area (Å²) in [6.45, 7) is 4.30. The Morgan fingerprint density at radius 3 is 2.57 bits per heavy atom. The molecule has 2 aliphatic carbocycles. The van der Waals surface area contributed by atoms with E-state index in [0.29, 0.717) is 16.9 Å². The number of rotatable bonds is 5. The third kappa shape index (κ3) is 4.06. The van der Waals surface area contributed by atoms with Crippen molar-refractivity contribution < 1.29 is 18.6 Å². The van der Waals surface area contributed by atoms with Gasteiger partial charge in [-0.05, 0) is 48.8 Å². The molecule has 1 aromatic carbocycles. The van der Waals surface area contributed by atoms with Gasteiger partial charge in [0.05, 0.1) is 31.1 Å². The number of phenols is 1. The van der Waals surface area contributed by atoms with Gasteiger partial charge in [0.15, 0.2) is 11.6 Å². The van der Waals surface area contributed by atoms with E-state index in [2.05, 4.69) is 34.0 Å². The van der Waals surface area contributed by atoms with Crippen LogP contribution in [-0.2, 0) is 0 Å². The molecular weight excluding hydrogens is 452 g/mol. The number of anilines is 1. The minimum Gasteiger partial charge on any atom is -0.507 e. The van der Waals surface area contributed by atoms with E-state index in [-0.39, 0.29) is 39.9 Å². The molecule has 2 heterocycles. The Morgan fingerprint density at radius 1 is 1.09 bits per heavy atom. The molecule has 4 atom stereocenters. The van der Waals surface area contributed by atoms with E-state index in [1.54, 1.807) is 18.3 Å². The summed E-state index contributed by atoms with van der Waals surface area (Å²) >= 11 is 0. The molecule has 3 aromatic rings. The van der Waals surface area contributed by atoms with Crippen molar-refractivity contribution in [1.29, 1.82) is 0 Å². The summed E-state index contributed by atoms with van der Waals surface area (Å²) in [6, 6.07) is 5.87. The zero-order valence-electron chi connectivity index (χ0n) is 20.3. The molecule has 0 amide bonds. The number of pyridine rings is 1. The number of aromatic hydroxyl groups is 1. The number of phenolic OH excluding ortho intramolecular Hbond substituents is 1. The molecule has 0 unspecified atom stereocenters. The molecule has 0 saturated heterocycles. The van der Waals surface area contributed by atoms with Crippen LogP contribution in [0.5, 0.6) is 11.6 Å². The average Bonchev–Trinajstić information content (AvgIpc) is 3.13. The Bertz CT molecular complexity index is 1260. The van der Waals surface area contributed by atoms with Gasteiger partial charge in [-0.15, -0.1) is 10.2 Å². The summed E-state index contributed by atoms with van der Waals surface area (Å²) in [5.74, 6) is 0.319. The number of benzene rings is 1. The summed E-state index contributed by atoms with van der Waals surface area (Å²) in [5.41, 5.74) is 0.897. The number of ether oxygens (including phenoxy) is 1. The lowest BCUT2D eigenvalue weighted by molar-refractivity contribution is 0.0380. The fourth-order valence-corrected chi connectivity index (χ4v) is 5.92. The number of alkyl halides is 1. The maximum Gasteiger partial charge on any atom is 0.213 e. The fraction of sp³-hybridized carbons (Fsp3) is 0.462. The van der Waals surface area contributed by atoms with E-state index in [9.17, 15) is 9.50 Å². The highest BCUT2D eigenvalue weighted by molar-refractivity contribution is 5.73. The number of aromatic nitrogens is 4. The maximum absolute atomic E-state index is 15.5. The molecule has 2 aliphatic rings. The molecule has 1 N–H and O–H groups in total. The van der Waals surface area contributed by atoms with Gasteiger partial charge in [0.2, 0.25) is 5.88 Å². The third-order valence-electron chi connectivity index (χ3n) is 7.83.